The van der Waals surface area contributed by atoms with Crippen LogP contribution in [0.15, 0.2) is 76.1 Å². The number of halogens is 2. The van der Waals surface area contributed by atoms with Crippen LogP contribution in [-0.2, 0) is 14.8 Å². The van der Waals surface area contributed by atoms with Crippen molar-refractivity contribution in [3.8, 4) is 11.5 Å². The van der Waals surface area contributed by atoms with Gasteiger partial charge in [0, 0.05) is 15.2 Å². The summed E-state index contributed by atoms with van der Waals surface area (Å²) < 4.78 is 39.0. The van der Waals surface area contributed by atoms with Crippen LogP contribution in [0, 0.1) is 0 Å². The van der Waals surface area contributed by atoms with Crippen molar-refractivity contribution in [3.05, 3.63) is 76.2 Å². The van der Waals surface area contributed by atoms with E-state index in [9.17, 15) is 13.2 Å². The van der Waals surface area contributed by atoms with Crippen LogP contribution in [0.25, 0.3) is 0 Å². The molecule has 3 rings (SSSR count). The van der Waals surface area contributed by atoms with Gasteiger partial charge in [0.25, 0.3) is 15.9 Å². The fraction of sp³-hybridized carbons (Fsp3) is 0.0952. The summed E-state index contributed by atoms with van der Waals surface area (Å²) in [5.41, 5.74) is 0.862. The number of carbonyl (C=O) groups excluding carboxylic acids is 1. The first kappa shape index (κ1) is 22.9. The summed E-state index contributed by atoms with van der Waals surface area (Å²) in [7, 11) is -2.27. The summed E-state index contributed by atoms with van der Waals surface area (Å²) >= 11 is 9.25. The topological polar surface area (TPSA) is 93.7 Å². The lowest BCUT2D eigenvalue weighted by Crippen LogP contribution is -2.20. The molecule has 1 amide bonds. The lowest BCUT2D eigenvalue weighted by Gasteiger charge is -2.12. The van der Waals surface area contributed by atoms with E-state index < -0.39 is 15.9 Å². The van der Waals surface area contributed by atoms with Crippen LogP contribution in [-0.4, -0.2) is 28.0 Å². The molecule has 0 atom stereocenters. The zero-order chi connectivity index (χ0) is 22.4. The number of rotatable bonds is 8. The van der Waals surface area contributed by atoms with E-state index in [1.165, 1.54) is 31.4 Å². The van der Waals surface area contributed by atoms with Crippen molar-refractivity contribution in [2.75, 3.05) is 23.8 Å². The first-order valence-electron chi connectivity index (χ1n) is 8.91. The van der Waals surface area contributed by atoms with Gasteiger partial charge in [0.15, 0.2) is 6.61 Å². The number of ether oxygens (including phenoxy) is 2. The smallest absolute Gasteiger partial charge is 0.262 e. The average Bonchev–Trinajstić information content (AvgIpc) is 2.74. The average molecular weight is 526 g/mol. The van der Waals surface area contributed by atoms with Crippen LogP contribution < -0.4 is 19.5 Å². The molecule has 0 fully saturated rings. The van der Waals surface area contributed by atoms with E-state index in [1.807, 2.05) is 0 Å². The van der Waals surface area contributed by atoms with Crippen molar-refractivity contribution in [2.45, 2.75) is 4.90 Å². The van der Waals surface area contributed by atoms with Crippen molar-refractivity contribution < 1.29 is 22.7 Å². The van der Waals surface area contributed by atoms with Gasteiger partial charge < -0.3 is 14.8 Å². The molecular formula is C21H18BrClN2O5S. The van der Waals surface area contributed by atoms with Crippen LogP contribution in [0.5, 0.6) is 11.5 Å². The third-order valence-electron chi connectivity index (χ3n) is 4.04. The number of carbonyl (C=O) groups is 1. The largest absolute Gasteiger partial charge is 0.495 e. The second-order valence-electron chi connectivity index (χ2n) is 6.27. The van der Waals surface area contributed by atoms with Gasteiger partial charge in [-0.3, -0.25) is 9.52 Å². The summed E-state index contributed by atoms with van der Waals surface area (Å²) in [5, 5.41) is 3.11. The summed E-state index contributed by atoms with van der Waals surface area (Å²) in [5.74, 6) is 0.385. The normalized spacial score (nSPS) is 10.9. The lowest BCUT2D eigenvalue weighted by molar-refractivity contribution is -0.118. The Morgan fingerprint density at radius 3 is 2.35 bits per heavy atom. The molecular weight excluding hydrogens is 508 g/mol. The second kappa shape index (κ2) is 10.0. The molecule has 31 heavy (non-hydrogen) atoms. The number of hydrogen-bond donors (Lipinski definition) is 2. The molecule has 0 aliphatic heterocycles. The molecule has 0 spiro atoms. The minimum absolute atomic E-state index is 0.0656. The Balaban J connectivity index is 1.59. The maximum Gasteiger partial charge on any atom is 0.262 e. The van der Waals surface area contributed by atoms with Crippen LogP contribution in [0.3, 0.4) is 0 Å². The predicted molar refractivity (Wildman–Crippen MR) is 124 cm³/mol. The van der Waals surface area contributed by atoms with Crippen molar-refractivity contribution in [1.82, 2.24) is 0 Å². The predicted octanol–water partition coefficient (Wildman–Crippen LogP) is 4.93. The molecule has 0 aliphatic carbocycles. The van der Waals surface area contributed by atoms with Gasteiger partial charge in [-0.2, -0.15) is 0 Å². The number of sulfonamides is 1. The molecule has 0 radical (unpaired) electrons. The van der Waals surface area contributed by atoms with Crippen LogP contribution >= 0.6 is 27.5 Å². The van der Waals surface area contributed by atoms with Gasteiger partial charge in [-0.05, 0) is 66.7 Å². The second-order valence-corrected chi connectivity index (χ2v) is 9.30. The number of anilines is 2. The summed E-state index contributed by atoms with van der Waals surface area (Å²) in [6, 6.07) is 17.4. The number of methoxy groups -OCH3 is 1. The van der Waals surface area contributed by atoms with E-state index in [1.54, 1.807) is 42.5 Å². The Morgan fingerprint density at radius 1 is 1.03 bits per heavy atom. The highest BCUT2D eigenvalue weighted by Gasteiger charge is 2.15. The summed E-state index contributed by atoms with van der Waals surface area (Å²) in [4.78, 5) is 12.2. The molecule has 3 aromatic carbocycles. The Labute approximate surface area is 193 Å². The lowest BCUT2D eigenvalue weighted by atomic mass is 10.3. The molecule has 0 bridgehead atoms. The van der Waals surface area contributed by atoms with Gasteiger partial charge in [0.2, 0.25) is 0 Å². The number of nitrogens with one attached hydrogen (secondary N) is 2. The number of benzene rings is 3. The molecule has 2 N–H and O–H groups in total. The first-order chi connectivity index (χ1) is 14.8. The van der Waals surface area contributed by atoms with Gasteiger partial charge in [0.1, 0.15) is 11.5 Å². The van der Waals surface area contributed by atoms with Gasteiger partial charge in [0.05, 0.1) is 17.7 Å². The summed E-state index contributed by atoms with van der Waals surface area (Å²) in [6.45, 7) is -0.279. The van der Waals surface area contributed by atoms with E-state index in [0.29, 0.717) is 27.9 Å². The molecule has 0 aliphatic rings. The van der Waals surface area contributed by atoms with Crippen LogP contribution in [0.1, 0.15) is 0 Å². The highest BCUT2D eigenvalue weighted by atomic mass is 79.9. The highest BCUT2D eigenvalue weighted by Crippen LogP contribution is 2.27. The quantitative estimate of drug-likeness (QED) is 0.435. The maximum absolute atomic E-state index is 12.5. The number of amides is 1. The van der Waals surface area contributed by atoms with Crippen molar-refractivity contribution in [2.24, 2.45) is 0 Å². The van der Waals surface area contributed by atoms with E-state index in [-0.39, 0.29) is 11.5 Å². The monoisotopic (exact) mass is 524 g/mol. The molecule has 3 aromatic rings. The van der Waals surface area contributed by atoms with Crippen LogP contribution in [0.2, 0.25) is 5.02 Å². The third-order valence-corrected chi connectivity index (χ3v) is 6.20. The zero-order valence-corrected chi connectivity index (χ0v) is 19.4. The maximum atomic E-state index is 12.5. The van der Waals surface area contributed by atoms with E-state index >= 15 is 0 Å². The van der Waals surface area contributed by atoms with Crippen LogP contribution in [0.4, 0.5) is 11.4 Å². The minimum Gasteiger partial charge on any atom is -0.495 e. The van der Waals surface area contributed by atoms with Crippen molar-refractivity contribution in [1.29, 1.82) is 0 Å². The minimum atomic E-state index is -3.75. The molecule has 0 heterocycles. The third kappa shape index (κ3) is 6.36. The zero-order valence-electron chi connectivity index (χ0n) is 16.3. The van der Waals surface area contributed by atoms with Gasteiger partial charge in [-0.25, -0.2) is 8.42 Å². The Hall–Kier alpha value is -2.75. The first-order valence-corrected chi connectivity index (χ1v) is 11.6. The molecule has 0 unspecified atom stereocenters. The fourth-order valence-corrected chi connectivity index (χ4v) is 4.06. The van der Waals surface area contributed by atoms with Gasteiger partial charge >= 0.3 is 0 Å². The van der Waals surface area contributed by atoms with Gasteiger partial charge in [-0.15, -0.1) is 0 Å². The SMILES string of the molecule is COc1ccc(Cl)cc1NC(=O)COc1ccc(S(=O)(=O)Nc2ccc(Br)cc2)cc1. The highest BCUT2D eigenvalue weighted by molar-refractivity contribution is 9.10. The Morgan fingerprint density at radius 2 is 1.71 bits per heavy atom. The molecule has 0 aromatic heterocycles. The Kier molecular flexibility index (Phi) is 7.42. The number of hydrogen-bond acceptors (Lipinski definition) is 5. The van der Waals surface area contributed by atoms with Gasteiger partial charge in [-0.1, -0.05) is 27.5 Å². The standard InChI is InChI=1S/C21H18BrClN2O5S/c1-29-20-11-4-15(23)12-19(20)24-21(26)13-30-17-7-9-18(10-8-17)31(27,28)25-16-5-2-14(22)3-6-16/h2-12,25H,13H2,1H3,(H,24,26). The summed E-state index contributed by atoms with van der Waals surface area (Å²) in [6.07, 6.45) is 0. The molecule has 10 heteroatoms. The molecule has 0 saturated heterocycles. The van der Waals surface area contributed by atoms with Crippen molar-refractivity contribution in [3.63, 3.8) is 0 Å². The molecule has 0 saturated carbocycles. The van der Waals surface area contributed by atoms with E-state index in [4.69, 9.17) is 21.1 Å². The fourth-order valence-electron chi connectivity index (χ4n) is 2.56. The Bertz CT molecular complexity index is 1170. The van der Waals surface area contributed by atoms with E-state index in [0.717, 1.165) is 4.47 Å². The van der Waals surface area contributed by atoms with Crippen molar-refractivity contribution >= 4 is 54.8 Å². The van der Waals surface area contributed by atoms with E-state index in [2.05, 4.69) is 26.0 Å². The molecule has 162 valence electrons. The molecule has 7 nitrogen and oxygen atoms in total.